The van der Waals surface area contributed by atoms with Gasteiger partial charge in [0.05, 0.1) is 17.2 Å². The van der Waals surface area contributed by atoms with Crippen molar-refractivity contribution >= 4 is 0 Å². The van der Waals surface area contributed by atoms with Gasteiger partial charge < -0.3 is 10.8 Å². The normalized spacial score (nSPS) is 14.8. The van der Waals surface area contributed by atoms with Gasteiger partial charge in [-0.1, -0.05) is 6.07 Å². The zero-order chi connectivity index (χ0) is 13.4. The van der Waals surface area contributed by atoms with E-state index in [9.17, 15) is 22.7 Å². The quantitative estimate of drug-likeness (QED) is 0.794. The van der Waals surface area contributed by atoms with Gasteiger partial charge in [0.25, 0.3) is 0 Å². The minimum Gasteiger partial charge on any atom is -0.388 e. The largest absolute Gasteiger partial charge is 0.416 e. The average Bonchev–Trinajstić information content (AvgIpc) is 2.13. The molecule has 1 aromatic rings. The van der Waals surface area contributed by atoms with Crippen LogP contribution in [0.4, 0.5) is 17.6 Å². The van der Waals surface area contributed by atoms with Crippen molar-refractivity contribution < 1.29 is 22.7 Å². The summed E-state index contributed by atoms with van der Waals surface area (Å²) < 4.78 is 50.3. The summed E-state index contributed by atoms with van der Waals surface area (Å²) >= 11 is 0. The maximum atomic E-state index is 13.5. The Kier molecular flexibility index (Phi) is 3.50. The summed E-state index contributed by atoms with van der Waals surface area (Å²) in [5.74, 6) is -1.07. The highest BCUT2D eigenvalue weighted by Gasteiger charge is 2.33. The third kappa shape index (κ3) is 3.17. The first kappa shape index (κ1) is 13.9. The lowest BCUT2D eigenvalue weighted by Gasteiger charge is -2.26. The van der Waals surface area contributed by atoms with Crippen LogP contribution < -0.4 is 5.73 Å². The molecule has 0 saturated carbocycles. The summed E-state index contributed by atoms with van der Waals surface area (Å²) in [6.45, 7) is 2.71. The van der Waals surface area contributed by atoms with Crippen molar-refractivity contribution in [2.24, 2.45) is 5.73 Å². The molecule has 0 spiro atoms. The van der Waals surface area contributed by atoms with E-state index in [2.05, 4.69) is 0 Å². The molecule has 6 heteroatoms. The zero-order valence-electron chi connectivity index (χ0n) is 9.35. The lowest BCUT2D eigenvalue weighted by molar-refractivity contribution is -0.137. The van der Waals surface area contributed by atoms with Gasteiger partial charge in [-0.2, -0.15) is 13.2 Å². The van der Waals surface area contributed by atoms with Crippen LogP contribution in [0.25, 0.3) is 0 Å². The first-order valence-corrected chi connectivity index (χ1v) is 4.88. The Hall–Kier alpha value is -1.14. The van der Waals surface area contributed by atoms with Crippen LogP contribution in [0.2, 0.25) is 0 Å². The summed E-state index contributed by atoms with van der Waals surface area (Å²) in [5, 5.41) is 9.58. The summed E-state index contributed by atoms with van der Waals surface area (Å²) in [7, 11) is 0. The van der Waals surface area contributed by atoms with Crippen molar-refractivity contribution in [1.82, 2.24) is 0 Å². The maximum absolute atomic E-state index is 13.5. The molecule has 3 N–H and O–H groups in total. The third-order valence-electron chi connectivity index (χ3n) is 2.42. The number of aliphatic hydroxyl groups is 1. The Morgan fingerprint density at radius 3 is 2.12 bits per heavy atom. The van der Waals surface area contributed by atoms with Crippen LogP contribution in [0.3, 0.4) is 0 Å². The third-order valence-corrected chi connectivity index (χ3v) is 2.42. The number of alkyl halides is 3. The lowest BCUT2D eigenvalue weighted by atomic mass is 9.92. The summed E-state index contributed by atoms with van der Waals surface area (Å²) in [6.07, 6.45) is -4.60. The number of hydrogen-bond donors (Lipinski definition) is 2. The van der Waals surface area contributed by atoms with E-state index in [-0.39, 0.29) is 5.56 Å². The minimum atomic E-state index is -4.60. The van der Waals surface area contributed by atoms with Gasteiger partial charge in [-0.05, 0) is 26.0 Å². The molecule has 0 fully saturated rings. The van der Waals surface area contributed by atoms with Gasteiger partial charge >= 0.3 is 6.18 Å². The fourth-order valence-corrected chi connectivity index (χ4v) is 1.34. The van der Waals surface area contributed by atoms with Crippen molar-refractivity contribution in [3.63, 3.8) is 0 Å². The number of rotatable bonds is 2. The molecular formula is C11H13F4NO. The van der Waals surface area contributed by atoms with Crippen molar-refractivity contribution in [2.75, 3.05) is 0 Å². The average molecular weight is 251 g/mol. The van der Waals surface area contributed by atoms with E-state index in [1.807, 2.05) is 0 Å². The molecule has 0 aromatic heterocycles. The Labute approximate surface area is 96.1 Å². The van der Waals surface area contributed by atoms with E-state index < -0.39 is 29.2 Å². The van der Waals surface area contributed by atoms with E-state index in [1.165, 1.54) is 13.8 Å². The molecule has 17 heavy (non-hydrogen) atoms. The molecule has 1 rings (SSSR count). The number of nitrogens with two attached hydrogens (primary N) is 1. The van der Waals surface area contributed by atoms with Gasteiger partial charge in [0.2, 0.25) is 0 Å². The summed E-state index contributed by atoms with van der Waals surface area (Å²) in [4.78, 5) is 0. The van der Waals surface area contributed by atoms with E-state index in [4.69, 9.17) is 5.73 Å². The van der Waals surface area contributed by atoms with E-state index in [0.717, 1.165) is 12.1 Å². The fourth-order valence-electron chi connectivity index (χ4n) is 1.34. The molecule has 0 unspecified atom stereocenters. The molecule has 0 saturated heterocycles. The standard InChI is InChI=1S/C11H13F4NO/c1-10(2,17)9(16)7-4-3-6(5-8(7)12)11(13,14)15/h3-5,9,17H,16H2,1-2H3/t9-/m0/s1. The second kappa shape index (κ2) is 4.27. The number of hydrogen-bond acceptors (Lipinski definition) is 2. The highest BCUT2D eigenvalue weighted by molar-refractivity contribution is 5.29. The number of benzene rings is 1. The summed E-state index contributed by atoms with van der Waals surface area (Å²) in [5.41, 5.74) is 2.92. The van der Waals surface area contributed by atoms with Crippen molar-refractivity contribution in [3.8, 4) is 0 Å². The predicted octanol–water partition coefficient (Wildman–Crippen LogP) is 2.62. The van der Waals surface area contributed by atoms with Gasteiger partial charge in [0.15, 0.2) is 0 Å². The first-order valence-electron chi connectivity index (χ1n) is 4.88. The molecular weight excluding hydrogens is 238 g/mol. The molecule has 0 aliphatic heterocycles. The molecule has 1 aromatic carbocycles. The molecule has 0 amide bonds. The van der Waals surface area contributed by atoms with Gasteiger partial charge in [0.1, 0.15) is 5.82 Å². The molecule has 2 nitrogen and oxygen atoms in total. The van der Waals surface area contributed by atoms with Gasteiger partial charge in [-0.3, -0.25) is 0 Å². The van der Waals surface area contributed by atoms with E-state index >= 15 is 0 Å². The monoisotopic (exact) mass is 251 g/mol. The van der Waals surface area contributed by atoms with Crippen molar-refractivity contribution in [3.05, 3.63) is 35.1 Å². The van der Waals surface area contributed by atoms with Gasteiger partial charge in [0, 0.05) is 5.56 Å². The Balaban J connectivity index is 3.15. The molecule has 0 bridgehead atoms. The maximum Gasteiger partial charge on any atom is 0.416 e. The summed E-state index contributed by atoms with van der Waals surface area (Å²) in [6, 6.07) is 0.968. The van der Waals surface area contributed by atoms with Crippen molar-refractivity contribution in [2.45, 2.75) is 31.7 Å². The second-order valence-corrected chi connectivity index (χ2v) is 4.37. The van der Waals surface area contributed by atoms with Gasteiger partial charge in [-0.25, -0.2) is 4.39 Å². The smallest absolute Gasteiger partial charge is 0.388 e. The van der Waals surface area contributed by atoms with E-state index in [1.54, 1.807) is 0 Å². The molecule has 96 valence electrons. The fraction of sp³-hybridized carbons (Fsp3) is 0.455. The molecule has 0 aliphatic rings. The predicted molar refractivity (Wildman–Crippen MR) is 54.6 cm³/mol. The molecule has 0 heterocycles. The van der Waals surface area contributed by atoms with E-state index in [0.29, 0.717) is 6.07 Å². The van der Waals surface area contributed by atoms with Crippen LogP contribution in [0, 0.1) is 5.82 Å². The lowest BCUT2D eigenvalue weighted by Crippen LogP contribution is -2.35. The first-order chi connectivity index (χ1) is 7.53. The topological polar surface area (TPSA) is 46.2 Å². The zero-order valence-corrected chi connectivity index (χ0v) is 9.35. The van der Waals surface area contributed by atoms with Crippen LogP contribution >= 0.6 is 0 Å². The highest BCUT2D eigenvalue weighted by Crippen LogP contribution is 2.32. The Morgan fingerprint density at radius 1 is 1.24 bits per heavy atom. The molecule has 1 atom stereocenters. The molecule has 0 aliphatic carbocycles. The minimum absolute atomic E-state index is 0.148. The van der Waals surface area contributed by atoms with Gasteiger partial charge in [-0.15, -0.1) is 0 Å². The Bertz CT molecular complexity index is 409. The van der Waals surface area contributed by atoms with Crippen LogP contribution in [-0.2, 0) is 6.18 Å². The van der Waals surface area contributed by atoms with Crippen LogP contribution in [0.1, 0.15) is 31.0 Å². The SMILES string of the molecule is CC(C)(O)[C@@H](N)c1ccc(C(F)(F)F)cc1F. The Morgan fingerprint density at radius 2 is 1.76 bits per heavy atom. The van der Waals surface area contributed by atoms with Crippen LogP contribution in [-0.4, -0.2) is 10.7 Å². The second-order valence-electron chi connectivity index (χ2n) is 4.37. The highest BCUT2D eigenvalue weighted by atomic mass is 19.4. The molecule has 0 radical (unpaired) electrons. The van der Waals surface area contributed by atoms with Crippen molar-refractivity contribution in [1.29, 1.82) is 0 Å². The van der Waals surface area contributed by atoms with Crippen LogP contribution in [0.5, 0.6) is 0 Å². The number of halogens is 4. The van der Waals surface area contributed by atoms with Crippen LogP contribution in [0.15, 0.2) is 18.2 Å².